The van der Waals surface area contributed by atoms with Crippen LogP contribution in [-0.4, -0.2) is 13.6 Å². The minimum absolute atomic E-state index is 0.811. The van der Waals surface area contributed by atoms with Crippen molar-refractivity contribution in [3.05, 3.63) is 35.9 Å². The van der Waals surface area contributed by atoms with Crippen molar-refractivity contribution in [2.45, 2.75) is 32.6 Å². The molecule has 0 saturated heterocycles. The summed E-state index contributed by atoms with van der Waals surface area (Å²) in [5.74, 6) is 3.40. The van der Waals surface area contributed by atoms with E-state index in [1.54, 1.807) is 5.56 Å². The maximum absolute atomic E-state index is 3.37. The predicted octanol–water partition coefficient (Wildman–Crippen LogP) is 3.67. The summed E-state index contributed by atoms with van der Waals surface area (Å²) in [5.41, 5.74) is 1.54. The second-order valence-electron chi connectivity index (χ2n) is 5.86. The molecule has 0 radical (unpaired) electrons. The van der Waals surface area contributed by atoms with Crippen LogP contribution >= 0.6 is 0 Å². The number of hydrogen-bond acceptors (Lipinski definition) is 1. The lowest BCUT2D eigenvalue weighted by molar-refractivity contribution is 0.353. The Morgan fingerprint density at radius 1 is 1.24 bits per heavy atom. The maximum Gasteiger partial charge on any atom is -0.00206 e. The van der Waals surface area contributed by atoms with E-state index in [1.807, 2.05) is 0 Å². The first-order valence-electron chi connectivity index (χ1n) is 6.92. The van der Waals surface area contributed by atoms with E-state index in [0.29, 0.717) is 0 Å². The van der Waals surface area contributed by atoms with Crippen LogP contribution < -0.4 is 5.32 Å². The highest BCUT2D eigenvalue weighted by Gasteiger charge is 2.43. The summed E-state index contributed by atoms with van der Waals surface area (Å²) in [7, 11) is 2.08. The van der Waals surface area contributed by atoms with Crippen LogP contribution in [-0.2, 0) is 0 Å². The van der Waals surface area contributed by atoms with Crippen molar-refractivity contribution in [3.63, 3.8) is 0 Å². The summed E-state index contributed by atoms with van der Waals surface area (Å²) < 4.78 is 0. The van der Waals surface area contributed by atoms with Gasteiger partial charge in [-0.15, -0.1) is 0 Å². The van der Waals surface area contributed by atoms with Gasteiger partial charge in [0.1, 0.15) is 0 Å². The molecule has 0 amide bonds. The van der Waals surface area contributed by atoms with Crippen LogP contribution in [0.3, 0.4) is 0 Å². The van der Waals surface area contributed by atoms with E-state index < -0.39 is 0 Å². The zero-order valence-electron chi connectivity index (χ0n) is 11.3. The molecule has 1 aromatic carbocycles. The quantitative estimate of drug-likeness (QED) is 0.787. The van der Waals surface area contributed by atoms with Gasteiger partial charge in [0.25, 0.3) is 0 Å². The largest absolute Gasteiger partial charge is 0.319 e. The van der Waals surface area contributed by atoms with Gasteiger partial charge in [-0.25, -0.2) is 0 Å². The zero-order valence-corrected chi connectivity index (χ0v) is 11.3. The molecular formula is C16H25N. The maximum atomic E-state index is 3.37. The molecule has 0 heterocycles. The van der Waals surface area contributed by atoms with Crippen LogP contribution in [0, 0.1) is 17.8 Å². The summed E-state index contributed by atoms with van der Waals surface area (Å²) >= 11 is 0. The molecule has 3 atom stereocenters. The number of benzene rings is 1. The third kappa shape index (κ3) is 3.32. The zero-order chi connectivity index (χ0) is 12.3. The highest BCUT2D eigenvalue weighted by Crippen LogP contribution is 2.53. The molecule has 17 heavy (non-hydrogen) atoms. The fourth-order valence-corrected chi connectivity index (χ4v) is 3.10. The van der Waals surface area contributed by atoms with Gasteiger partial charge in [0.15, 0.2) is 0 Å². The van der Waals surface area contributed by atoms with Crippen molar-refractivity contribution in [2.75, 3.05) is 13.6 Å². The molecule has 2 rings (SSSR count). The molecule has 1 aromatic rings. The van der Waals surface area contributed by atoms with Crippen LogP contribution in [0.25, 0.3) is 0 Å². The average molecular weight is 231 g/mol. The van der Waals surface area contributed by atoms with Gasteiger partial charge in [-0.1, -0.05) is 44.2 Å². The highest BCUT2D eigenvalue weighted by molar-refractivity contribution is 5.26. The Labute approximate surface area is 106 Å². The summed E-state index contributed by atoms with van der Waals surface area (Å²) in [6.07, 6.45) is 2.75. The van der Waals surface area contributed by atoms with Crippen molar-refractivity contribution in [3.8, 4) is 0 Å². The van der Waals surface area contributed by atoms with Gasteiger partial charge in [0.2, 0.25) is 0 Å². The van der Waals surface area contributed by atoms with Gasteiger partial charge in [-0.3, -0.25) is 0 Å². The van der Waals surface area contributed by atoms with E-state index in [2.05, 4.69) is 56.5 Å². The van der Waals surface area contributed by atoms with Crippen molar-refractivity contribution in [1.82, 2.24) is 5.32 Å². The molecule has 1 N–H and O–H groups in total. The number of nitrogens with one attached hydrogen (secondary N) is 1. The van der Waals surface area contributed by atoms with Crippen LogP contribution in [0.2, 0.25) is 0 Å². The normalized spacial score (nSPS) is 24.9. The van der Waals surface area contributed by atoms with Crippen LogP contribution in [0.15, 0.2) is 30.3 Å². The third-order valence-electron chi connectivity index (χ3n) is 3.91. The summed E-state index contributed by atoms with van der Waals surface area (Å²) in [6, 6.07) is 11.0. The first kappa shape index (κ1) is 12.6. The molecule has 94 valence electrons. The first-order valence-corrected chi connectivity index (χ1v) is 6.92. The molecule has 0 spiro atoms. The van der Waals surface area contributed by atoms with E-state index >= 15 is 0 Å². The van der Waals surface area contributed by atoms with Crippen molar-refractivity contribution >= 4 is 0 Å². The van der Waals surface area contributed by atoms with Gasteiger partial charge < -0.3 is 5.32 Å². The Hall–Kier alpha value is -0.820. The van der Waals surface area contributed by atoms with Gasteiger partial charge >= 0.3 is 0 Å². The molecule has 0 bridgehead atoms. The van der Waals surface area contributed by atoms with Crippen LogP contribution in [0.5, 0.6) is 0 Å². The average Bonchev–Trinajstić information content (AvgIpc) is 3.09. The molecule has 0 aliphatic heterocycles. The predicted molar refractivity (Wildman–Crippen MR) is 74.2 cm³/mol. The Kier molecular flexibility index (Phi) is 4.22. The molecule has 1 aliphatic rings. The molecule has 1 saturated carbocycles. The lowest BCUT2D eigenvalue weighted by Gasteiger charge is -2.19. The standard InChI is InChI=1S/C16H25N/c1-12(2)9-14(11-17-3)16-10-15(16)13-7-5-4-6-8-13/h4-8,12,14-17H,9-11H2,1-3H3. The Bertz CT molecular complexity index is 331. The van der Waals surface area contributed by atoms with Gasteiger partial charge in [-0.2, -0.15) is 0 Å². The second-order valence-corrected chi connectivity index (χ2v) is 5.86. The molecule has 3 unspecified atom stereocenters. The smallest absolute Gasteiger partial charge is 0.00206 e. The number of hydrogen-bond donors (Lipinski definition) is 1. The van der Waals surface area contributed by atoms with E-state index in [0.717, 1.165) is 23.7 Å². The third-order valence-corrected chi connectivity index (χ3v) is 3.91. The summed E-state index contributed by atoms with van der Waals surface area (Å²) in [5, 5.41) is 3.37. The van der Waals surface area contributed by atoms with Gasteiger partial charge in [-0.05, 0) is 55.7 Å². The van der Waals surface area contributed by atoms with Crippen LogP contribution in [0.4, 0.5) is 0 Å². The van der Waals surface area contributed by atoms with Crippen LogP contribution in [0.1, 0.15) is 38.2 Å². The number of rotatable bonds is 6. The minimum Gasteiger partial charge on any atom is -0.319 e. The lowest BCUT2D eigenvalue weighted by atomic mass is 9.90. The van der Waals surface area contributed by atoms with Crippen molar-refractivity contribution < 1.29 is 0 Å². The second kappa shape index (κ2) is 5.68. The lowest BCUT2D eigenvalue weighted by Crippen LogP contribution is -2.22. The fourth-order valence-electron chi connectivity index (χ4n) is 3.10. The molecule has 1 nitrogen and oxygen atoms in total. The van der Waals surface area contributed by atoms with Crippen molar-refractivity contribution in [2.24, 2.45) is 17.8 Å². The monoisotopic (exact) mass is 231 g/mol. The molecule has 1 aliphatic carbocycles. The molecule has 0 aromatic heterocycles. The molecular weight excluding hydrogens is 206 g/mol. The van der Waals surface area contributed by atoms with Gasteiger partial charge in [0.05, 0.1) is 0 Å². The summed E-state index contributed by atoms with van der Waals surface area (Å²) in [6.45, 7) is 5.84. The molecule has 1 heteroatoms. The summed E-state index contributed by atoms with van der Waals surface area (Å²) in [4.78, 5) is 0. The minimum atomic E-state index is 0.811. The Morgan fingerprint density at radius 3 is 2.53 bits per heavy atom. The molecule has 1 fully saturated rings. The van der Waals surface area contributed by atoms with Crippen molar-refractivity contribution in [1.29, 1.82) is 0 Å². The van der Waals surface area contributed by atoms with E-state index in [1.165, 1.54) is 19.4 Å². The van der Waals surface area contributed by atoms with E-state index in [4.69, 9.17) is 0 Å². The Morgan fingerprint density at radius 2 is 1.94 bits per heavy atom. The Balaban J connectivity index is 1.95. The first-order chi connectivity index (χ1) is 8.22. The highest BCUT2D eigenvalue weighted by atomic mass is 14.8. The SMILES string of the molecule is CNCC(CC(C)C)C1CC1c1ccccc1. The topological polar surface area (TPSA) is 12.0 Å². The van der Waals surface area contributed by atoms with E-state index in [9.17, 15) is 0 Å². The van der Waals surface area contributed by atoms with E-state index in [-0.39, 0.29) is 0 Å². The van der Waals surface area contributed by atoms with Gasteiger partial charge in [0, 0.05) is 0 Å². The fraction of sp³-hybridized carbons (Fsp3) is 0.625.